The Morgan fingerprint density at radius 3 is 2.71 bits per heavy atom. The van der Waals surface area contributed by atoms with Crippen LogP contribution in [0.15, 0.2) is 47.4 Å². The zero-order chi connectivity index (χ0) is 17.3. The van der Waals surface area contributed by atoms with Crippen LogP contribution < -0.4 is 4.72 Å². The van der Waals surface area contributed by atoms with Crippen LogP contribution in [0.4, 0.5) is 0 Å². The van der Waals surface area contributed by atoms with Gasteiger partial charge in [-0.05, 0) is 48.6 Å². The van der Waals surface area contributed by atoms with E-state index in [4.69, 9.17) is 16.7 Å². The van der Waals surface area contributed by atoms with E-state index in [9.17, 15) is 13.2 Å². The Bertz CT molecular complexity index is 895. The molecule has 0 saturated carbocycles. The maximum Gasteiger partial charge on any atom is 0.335 e. The zero-order valence-electron chi connectivity index (χ0n) is 12.7. The summed E-state index contributed by atoms with van der Waals surface area (Å²) in [5.74, 6) is -1.20. The van der Waals surface area contributed by atoms with E-state index in [1.54, 1.807) is 0 Å². The van der Waals surface area contributed by atoms with E-state index in [2.05, 4.69) is 4.72 Å². The fraction of sp³-hybridized carbons (Fsp3) is 0.235. The van der Waals surface area contributed by atoms with Gasteiger partial charge in [-0.2, -0.15) is 0 Å². The van der Waals surface area contributed by atoms with E-state index in [0.717, 1.165) is 30.0 Å². The SMILES string of the molecule is O=C(O)c1ccc(Cl)c(S(=O)(=O)N[C@H]2CCCc3ccccc32)c1. The molecule has 3 rings (SSSR count). The van der Waals surface area contributed by atoms with Crippen LogP contribution in [-0.4, -0.2) is 19.5 Å². The van der Waals surface area contributed by atoms with Gasteiger partial charge in [-0.15, -0.1) is 0 Å². The van der Waals surface area contributed by atoms with Gasteiger partial charge in [0.25, 0.3) is 0 Å². The van der Waals surface area contributed by atoms with Gasteiger partial charge in [0.2, 0.25) is 10.0 Å². The predicted octanol–water partition coefficient (Wildman–Crippen LogP) is 3.39. The van der Waals surface area contributed by atoms with E-state index in [1.165, 1.54) is 12.1 Å². The van der Waals surface area contributed by atoms with Crippen molar-refractivity contribution in [3.8, 4) is 0 Å². The highest BCUT2D eigenvalue weighted by atomic mass is 35.5. The largest absolute Gasteiger partial charge is 0.478 e. The molecular weight excluding hydrogens is 350 g/mol. The number of nitrogens with one attached hydrogen (secondary N) is 1. The lowest BCUT2D eigenvalue weighted by atomic mass is 9.88. The Hall–Kier alpha value is -1.89. The Balaban J connectivity index is 1.96. The molecule has 0 spiro atoms. The number of fused-ring (bicyclic) bond motifs is 1. The van der Waals surface area contributed by atoms with Crippen LogP contribution in [0.25, 0.3) is 0 Å². The zero-order valence-corrected chi connectivity index (χ0v) is 14.3. The Morgan fingerprint density at radius 1 is 1.21 bits per heavy atom. The molecule has 1 aliphatic carbocycles. The second-order valence-corrected chi connectivity index (χ2v) is 7.80. The lowest BCUT2D eigenvalue weighted by molar-refractivity contribution is 0.0696. The van der Waals surface area contributed by atoms with Crippen molar-refractivity contribution in [3.63, 3.8) is 0 Å². The van der Waals surface area contributed by atoms with Crippen molar-refractivity contribution in [1.82, 2.24) is 4.72 Å². The van der Waals surface area contributed by atoms with E-state index < -0.39 is 16.0 Å². The smallest absolute Gasteiger partial charge is 0.335 e. The summed E-state index contributed by atoms with van der Waals surface area (Å²) in [6, 6.07) is 11.0. The van der Waals surface area contributed by atoms with Crippen molar-refractivity contribution in [2.24, 2.45) is 0 Å². The lowest BCUT2D eigenvalue weighted by Gasteiger charge is -2.26. The molecule has 7 heteroatoms. The van der Waals surface area contributed by atoms with Gasteiger partial charge in [0, 0.05) is 6.04 Å². The highest BCUT2D eigenvalue weighted by Crippen LogP contribution is 2.32. The van der Waals surface area contributed by atoms with Crippen molar-refractivity contribution in [2.45, 2.75) is 30.2 Å². The topological polar surface area (TPSA) is 83.5 Å². The molecule has 126 valence electrons. The minimum atomic E-state index is -3.93. The minimum absolute atomic E-state index is 0.00315. The molecule has 0 amide bonds. The lowest BCUT2D eigenvalue weighted by Crippen LogP contribution is -2.31. The molecule has 2 N–H and O–H groups in total. The number of aromatic carboxylic acids is 1. The van der Waals surface area contributed by atoms with Gasteiger partial charge in [-0.1, -0.05) is 35.9 Å². The first kappa shape index (κ1) is 17.0. The number of carboxylic acids is 1. The number of hydrogen-bond acceptors (Lipinski definition) is 3. The standard InChI is InChI=1S/C17H16ClNO4S/c18-14-9-8-12(17(20)21)10-16(14)24(22,23)19-15-7-3-5-11-4-1-2-6-13(11)15/h1-2,4,6,8-10,15,19H,3,5,7H2,(H,20,21)/t15-/m0/s1. The second-order valence-electron chi connectivity index (χ2n) is 5.72. The Labute approximate surface area is 145 Å². The van der Waals surface area contributed by atoms with Gasteiger partial charge in [0.05, 0.1) is 10.6 Å². The summed E-state index contributed by atoms with van der Waals surface area (Å²) in [4.78, 5) is 10.9. The average Bonchev–Trinajstić information content (AvgIpc) is 2.55. The third-order valence-electron chi connectivity index (χ3n) is 4.13. The number of benzene rings is 2. The second kappa shape index (κ2) is 6.55. The van der Waals surface area contributed by atoms with Crippen LogP contribution in [0.1, 0.15) is 40.4 Å². The highest BCUT2D eigenvalue weighted by Gasteiger charge is 2.27. The monoisotopic (exact) mass is 365 g/mol. The fourth-order valence-corrected chi connectivity index (χ4v) is 4.74. The number of halogens is 1. The quantitative estimate of drug-likeness (QED) is 0.869. The molecule has 2 aromatic rings. The van der Waals surface area contributed by atoms with Crippen LogP contribution in [0.5, 0.6) is 0 Å². The van der Waals surface area contributed by atoms with Crippen molar-refractivity contribution in [1.29, 1.82) is 0 Å². The summed E-state index contributed by atoms with van der Waals surface area (Å²) in [5.41, 5.74) is 1.96. The first-order valence-electron chi connectivity index (χ1n) is 7.51. The molecule has 0 aliphatic heterocycles. The molecule has 0 aromatic heterocycles. The van der Waals surface area contributed by atoms with Gasteiger partial charge >= 0.3 is 5.97 Å². The molecule has 2 aromatic carbocycles. The van der Waals surface area contributed by atoms with Crippen molar-refractivity contribution >= 4 is 27.6 Å². The first-order valence-corrected chi connectivity index (χ1v) is 9.37. The maximum absolute atomic E-state index is 12.7. The molecule has 1 aliphatic rings. The third kappa shape index (κ3) is 3.31. The van der Waals surface area contributed by atoms with E-state index in [-0.39, 0.29) is 21.5 Å². The highest BCUT2D eigenvalue weighted by molar-refractivity contribution is 7.89. The van der Waals surface area contributed by atoms with Crippen molar-refractivity contribution in [3.05, 3.63) is 64.2 Å². The summed E-state index contributed by atoms with van der Waals surface area (Å²) in [6.07, 6.45) is 2.49. The van der Waals surface area contributed by atoms with Crippen molar-refractivity contribution in [2.75, 3.05) is 0 Å². The minimum Gasteiger partial charge on any atom is -0.478 e. The number of rotatable bonds is 4. The van der Waals surface area contributed by atoms with Gasteiger partial charge in [-0.25, -0.2) is 17.9 Å². The average molecular weight is 366 g/mol. The molecule has 24 heavy (non-hydrogen) atoms. The molecule has 1 atom stereocenters. The molecule has 0 bridgehead atoms. The van der Waals surface area contributed by atoms with E-state index in [0.29, 0.717) is 6.42 Å². The van der Waals surface area contributed by atoms with Gasteiger partial charge < -0.3 is 5.11 Å². The summed E-state index contributed by atoms with van der Waals surface area (Å²) in [7, 11) is -3.93. The van der Waals surface area contributed by atoms with Crippen LogP contribution in [0.3, 0.4) is 0 Å². The fourth-order valence-electron chi connectivity index (χ4n) is 2.97. The Kier molecular flexibility index (Phi) is 4.62. The molecule has 0 saturated heterocycles. The van der Waals surface area contributed by atoms with Crippen LogP contribution in [0, 0.1) is 0 Å². The maximum atomic E-state index is 12.7. The van der Waals surface area contributed by atoms with Crippen LogP contribution in [-0.2, 0) is 16.4 Å². The molecule has 0 radical (unpaired) electrons. The van der Waals surface area contributed by atoms with Crippen LogP contribution >= 0.6 is 11.6 Å². The van der Waals surface area contributed by atoms with Gasteiger partial charge in [0.1, 0.15) is 4.90 Å². The molecule has 0 fully saturated rings. The normalized spacial score (nSPS) is 17.3. The third-order valence-corrected chi connectivity index (χ3v) is 6.09. The summed E-state index contributed by atoms with van der Waals surface area (Å²) >= 11 is 5.99. The number of sulfonamides is 1. The van der Waals surface area contributed by atoms with Crippen LogP contribution in [0.2, 0.25) is 5.02 Å². The molecule has 0 unspecified atom stereocenters. The van der Waals surface area contributed by atoms with E-state index >= 15 is 0 Å². The predicted molar refractivity (Wildman–Crippen MR) is 90.9 cm³/mol. The first-order chi connectivity index (χ1) is 11.4. The summed E-state index contributed by atoms with van der Waals surface area (Å²) < 4.78 is 28.1. The van der Waals surface area contributed by atoms with E-state index in [1.807, 2.05) is 24.3 Å². The molecule has 5 nitrogen and oxygen atoms in total. The molecular formula is C17H16ClNO4S. The molecule has 0 heterocycles. The number of hydrogen-bond donors (Lipinski definition) is 2. The van der Waals surface area contributed by atoms with Crippen molar-refractivity contribution < 1.29 is 18.3 Å². The van der Waals surface area contributed by atoms with Gasteiger partial charge in [-0.3, -0.25) is 0 Å². The summed E-state index contributed by atoms with van der Waals surface area (Å²) in [5, 5.41) is 9.06. The summed E-state index contributed by atoms with van der Waals surface area (Å²) in [6.45, 7) is 0. The Morgan fingerprint density at radius 2 is 1.96 bits per heavy atom. The number of carboxylic acid groups (broad SMARTS) is 1. The number of aryl methyl sites for hydroxylation is 1. The number of carbonyl (C=O) groups is 1. The van der Waals surface area contributed by atoms with Gasteiger partial charge in [0.15, 0.2) is 0 Å².